The van der Waals surface area contributed by atoms with E-state index >= 15 is 0 Å². The number of Topliss-reactive ketones (excluding diaryl/α,β-unsaturated/α-hetero) is 1. The lowest BCUT2D eigenvalue weighted by Crippen LogP contribution is -2.12. The van der Waals surface area contributed by atoms with E-state index < -0.39 is 6.10 Å². The number of benzene rings is 3. The third-order valence-electron chi connectivity index (χ3n) is 3.80. The predicted octanol–water partition coefficient (Wildman–Crippen LogP) is 3.85. The number of anilines is 1. The van der Waals surface area contributed by atoms with Gasteiger partial charge in [-0.3, -0.25) is 4.79 Å². The van der Waals surface area contributed by atoms with Crippen LogP contribution in [0.25, 0.3) is 11.1 Å². The van der Waals surface area contributed by atoms with E-state index in [1.807, 2.05) is 42.5 Å². The summed E-state index contributed by atoms with van der Waals surface area (Å²) in [5, 5.41) is 10.2. The Bertz CT molecular complexity index is 811. The van der Waals surface area contributed by atoms with Crippen LogP contribution in [0.15, 0.2) is 78.9 Å². The first-order valence-electron chi connectivity index (χ1n) is 7.39. The molecule has 3 rings (SSSR count). The molecule has 0 heterocycles. The molecule has 0 aliphatic heterocycles. The third kappa shape index (κ3) is 3.15. The van der Waals surface area contributed by atoms with Crippen LogP contribution >= 0.6 is 0 Å². The molecule has 114 valence electrons. The van der Waals surface area contributed by atoms with E-state index in [1.165, 1.54) is 0 Å². The van der Waals surface area contributed by atoms with Crippen molar-refractivity contribution in [2.75, 3.05) is 5.73 Å². The van der Waals surface area contributed by atoms with Crippen LogP contribution in [0, 0.1) is 0 Å². The highest BCUT2D eigenvalue weighted by Crippen LogP contribution is 2.26. The molecule has 0 aliphatic carbocycles. The van der Waals surface area contributed by atoms with E-state index in [9.17, 15) is 9.90 Å². The van der Waals surface area contributed by atoms with Crippen molar-refractivity contribution in [2.24, 2.45) is 0 Å². The first-order valence-corrected chi connectivity index (χ1v) is 7.39. The molecule has 0 spiro atoms. The van der Waals surface area contributed by atoms with Crippen LogP contribution in [0.4, 0.5) is 5.69 Å². The third-order valence-corrected chi connectivity index (χ3v) is 3.80. The monoisotopic (exact) mass is 303 g/mol. The maximum Gasteiger partial charge on any atom is 0.195 e. The highest BCUT2D eigenvalue weighted by Gasteiger charge is 2.18. The Morgan fingerprint density at radius 2 is 1.43 bits per heavy atom. The van der Waals surface area contributed by atoms with Gasteiger partial charge in [-0.1, -0.05) is 72.8 Å². The van der Waals surface area contributed by atoms with Crippen LogP contribution in [0.1, 0.15) is 22.0 Å². The van der Waals surface area contributed by atoms with Crippen LogP contribution in [0.2, 0.25) is 0 Å². The van der Waals surface area contributed by atoms with Gasteiger partial charge in [0.05, 0.1) is 0 Å². The van der Waals surface area contributed by atoms with Gasteiger partial charge in [-0.15, -0.1) is 0 Å². The number of rotatable bonds is 4. The Morgan fingerprint density at radius 3 is 2.09 bits per heavy atom. The van der Waals surface area contributed by atoms with E-state index in [2.05, 4.69) is 0 Å². The predicted molar refractivity (Wildman–Crippen MR) is 92.0 cm³/mol. The van der Waals surface area contributed by atoms with Gasteiger partial charge in [0.1, 0.15) is 6.10 Å². The fraction of sp³-hybridized carbons (Fsp3) is 0.0500. The molecule has 0 fully saturated rings. The molecule has 1 atom stereocenters. The topological polar surface area (TPSA) is 63.3 Å². The van der Waals surface area contributed by atoms with Crippen molar-refractivity contribution >= 4 is 11.5 Å². The van der Waals surface area contributed by atoms with Crippen molar-refractivity contribution in [2.45, 2.75) is 6.10 Å². The van der Waals surface area contributed by atoms with Crippen molar-refractivity contribution < 1.29 is 9.90 Å². The number of para-hydroxylation sites is 1. The van der Waals surface area contributed by atoms with Gasteiger partial charge < -0.3 is 10.8 Å². The fourth-order valence-electron chi connectivity index (χ4n) is 2.52. The molecule has 3 nitrogen and oxygen atoms in total. The maximum absolute atomic E-state index is 12.4. The summed E-state index contributed by atoms with van der Waals surface area (Å²) in [5.41, 5.74) is 9.59. The van der Waals surface area contributed by atoms with E-state index in [4.69, 9.17) is 5.73 Å². The summed E-state index contributed by atoms with van der Waals surface area (Å²) in [6, 6.07) is 23.6. The Hall–Kier alpha value is -2.91. The molecular formula is C20H17NO2. The number of nitrogen functional groups attached to an aromatic ring is 1. The maximum atomic E-state index is 12.4. The molecule has 3 aromatic carbocycles. The van der Waals surface area contributed by atoms with Gasteiger partial charge in [0.25, 0.3) is 0 Å². The largest absolute Gasteiger partial charge is 0.398 e. The molecule has 1 unspecified atom stereocenters. The first-order chi connectivity index (χ1) is 11.2. The number of aliphatic hydroxyl groups is 1. The van der Waals surface area contributed by atoms with Crippen molar-refractivity contribution in [1.29, 1.82) is 0 Å². The lowest BCUT2D eigenvalue weighted by atomic mass is 9.97. The van der Waals surface area contributed by atoms with Gasteiger partial charge in [-0.25, -0.2) is 0 Å². The van der Waals surface area contributed by atoms with Crippen LogP contribution < -0.4 is 5.73 Å². The molecule has 23 heavy (non-hydrogen) atoms. The second-order valence-corrected chi connectivity index (χ2v) is 5.34. The summed E-state index contributed by atoms with van der Waals surface area (Å²) in [7, 11) is 0. The molecule has 0 saturated carbocycles. The zero-order chi connectivity index (χ0) is 16.2. The van der Waals surface area contributed by atoms with Gasteiger partial charge in [0, 0.05) is 16.8 Å². The quantitative estimate of drug-likeness (QED) is 0.568. The molecule has 0 aromatic heterocycles. The zero-order valence-electron chi connectivity index (χ0n) is 12.5. The van der Waals surface area contributed by atoms with Crippen LogP contribution in [-0.4, -0.2) is 10.9 Å². The molecule has 3 heteroatoms. The lowest BCUT2D eigenvalue weighted by Gasteiger charge is -2.11. The number of ketones is 1. The number of carbonyl (C=O) groups excluding carboxylic acids is 1. The van der Waals surface area contributed by atoms with Crippen molar-refractivity contribution in [3.05, 3.63) is 90.0 Å². The van der Waals surface area contributed by atoms with E-state index in [1.54, 1.807) is 36.4 Å². The summed E-state index contributed by atoms with van der Waals surface area (Å²) in [6.45, 7) is 0. The van der Waals surface area contributed by atoms with E-state index in [-0.39, 0.29) is 5.78 Å². The minimum atomic E-state index is -1.15. The summed E-state index contributed by atoms with van der Waals surface area (Å²) in [6.07, 6.45) is -1.15. The summed E-state index contributed by atoms with van der Waals surface area (Å²) in [5.74, 6) is -0.316. The average molecular weight is 303 g/mol. The van der Waals surface area contributed by atoms with Crippen LogP contribution in [0.5, 0.6) is 0 Å². The highest BCUT2D eigenvalue weighted by molar-refractivity contribution is 6.00. The summed E-state index contributed by atoms with van der Waals surface area (Å²) >= 11 is 0. The standard InChI is InChI=1S/C20H17NO2/c21-18-9-5-4-8-17(18)14-10-12-16(13-11-14)20(23)19(22)15-6-2-1-3-7-15/h1-13,19,22H,21H2. The molecule has 0 aliphatic rings. The fourth-order valence-corrected chi connectivity index (χ4v) is 2.52. The number of carbonyl (C=O) groups is 1. The van der Waals surface area contributed by atoms with Gasteiger partial charge in [0.2, 0.25) is 0 Å². The van der Waals surface area contributed by atoms with E-state index in [0.717, 1.165) is 11.1 Å². The Kier molecular flexibility index (Phi) is 4.22. The Balaban J connectivity index is 1.85. The van der Waals surface area contributed by atoms with Crippen molar-refractivity contribution in [3.63, 3.8) is 0 Å². The Morgan fingerprint density at radius 1 is 0.826 bits per heavy atom. The minimum absolute atomic E-state index is 0.316. The normalized spacial score (nSPS) is 11.9. The lowest BCUT2D eigenvalue weighted by molar-refractivity contribution is 0.0747. The van der Waals surface area contributed by atoms with Crippen molar-refractivity contribution in [1.82, 2.24) is 0 Å². The molecule has 3 aromatic rings. The molecule has 0 bridgehead atoms. The highest BCUT2D eigenvalue weighted by atomic mass is 16.3. The zero-order valence-corrected chi connectivity index (χ0v) is 12.5. The van der Waals surface area contributed by atoms with Gasteiger partial charge in [-0.2, -0.15) is 0 Å². The summed E-state index contributed by atoms with van der Waals surface area (Å²) < 4.78 is 0. The molecule has 0 amide bonds. The summed E-state index contributed by atoms with van der Waals surface area (Å²) in [4.78, 5) is 12.4. The number of hydrogen-bond acceptors (Lipinski definition) is 3. The number of nitrogens with two attached hydrogens (primary N) is 1. The van der Waals surface area contributed by atoms with E-state index in [0.29, 0.717) is 16.8 Å². The van der Waals surface area contributed by atoms with Crippen LogP contribution in [-0.2, 0) is 0 Å². The van der Waals surface area contributed by atoms with Gasteiger partial charge in [-0.05, 0) is 17.2 Å². The van der Waals surface area contributed by atoms with Crippen molar-refractivity contribution in [3.8, 4) is 11.1 Å². The number of hydrogen-bond donors (Lipinski definition) is 2. The molecule has 0 saturated heterocycles. The smallest absolute Gasteiger partial charge is 0.195 e. The molecule has 0 radical (unpaired) electrons. The molecule has 3 N–H and O–H groups in total. The average Bonchev–Trinajstić information content (AvgIpc) is 2.62. The second-order valence-electron chi connectivity index (χ2n) is 5.34. The van der Waals surface area contributed by atoms with Gasteiger partial charge in [0.15, 0.2) is 5.78 Å². The number of aliphatic hydroxyl groups excluding tert-OH is 1. The van der Waals surface area contributed by atoms with Gasteiger partial charge >= 0.3 is 0 Å². The minimum Gasteiger partial charge on any atom is -0.398 e. The second kappa shape index (κ2) is 6.46. The van der Waals surface area contributed by atoms with Crippen LogP contribution in [0.3, 0.4) is 0 Å². The SMILES string of the molecule is Nc1ccccc1-c1ccc(C(=O)C(O)c2ccccc2)cc1. The first kappa shape index (κ1) is 15.0. The molecular weight excluding hydrogens is 286 g/mol. The Labute approximate surface area is 135 Å².